The second-order valence-electron chi connectivity index (χ2n) is 11.6. The van der Waals surface area contributed by atoms with Gasteiger partial charge in [-0.2, -0.15) is 0 Å². The minimum absolute atomic E-state index is 0.0820. The third kappa shape index (κ3) is 3.13. The lowest BCUT2D eigenvalue weighted by molar-refractivity contribution is -0.128. The number of carbonyl (C=O) groups is 3. The number of Topliss-reactive ketones (excluding diaryl/α,β-unsaturated/α-hetero) is 2. The van der Waals surface area contributed by atoms with Crippen molar-refractivity contribution in [3.63, 3.8) is 0 Å². The van der Waals surface area contributed by atoms with Gasteiger partial charge in [-0.3, -0.25) is 14.4 Å². The monoisotopic (exact) mass is 520 g/mol. The molecule has 4 aliphatic rings. The Kier molecular flexibility index (Phi) is 4.90. The van der Waals surface area contributed by atoms with Crippen LogP contribution in [0.3, 0.4) is 0 Å². The smallest absolute Gasteiger partial charge is 0.238 e. The summed E-state index contributed by atoms with van der Waals surface area (Å²) >= 11 is 0. The zero-order chi connectivity index (χ0) is 27.1. The van der Waals surface area contributed by atoms with Gasteiger partial charge in [0.2, 0.25) is 12.7 Å². The highest BCUT2D eigenvalue weighted by molar-refractivity contribution is 6.17. The van der Waals surface area contributed by atoms with Crippen LogP contribution in [0.25, 0.3) is 6.08 Å². The molecule has 0 aliphatic carbocycles. The van der Waals surface area contributed by atoms with Gasteiger partial charge in [0.1, 0.15) is 11.5 Å². The maximum atomic E-state index is 14.8. The standard InChI is InChI=1S/C32H28N2O5/c1-31(2,3)29(36)27-26(28(35)19-12-14-23-24(16-19)39-17-38-23)32(20-9-5-6-10-21(20)33-30(32)37)25-15-13-18-8-4-7-11-22(18)34(25)27/h4-16,25-27H,17H2,1-3H3,(H,33,37)/t25-,26+,27-,32-/m0/s1. The van der Waals surface area contributed by atoms with Gasteiger partial charge < -0.3 is 19.7 Å². The third-order valence-corrected chi connectivity index (χ3v) is 8.49. The van der Waals surface area contributed by atoms with Gasteiger partial charge in [0.15, 0.2) is 23.1 Å². The summed E-state index contributed by atoms with van der Waals surface area (Å²) in [6.07, 6.45) is 3.98. The van der Waals surface area contributed by atoms with E-state index in [1.54, 1.807) is 18.2 Å². The van der Waals surface area contributed by atoms with Crippen molar-refractivity contribution >= 4 is 34.9 Å². The Bertz CT molecular complexity index is 1600. The van der Waals surface area contributed by atoms with Gasteiger partial charge in [-0.05, 0) is 41.5 Å². The zero-order valence-corrected chi connectivity index (χ0v) is 21.9. The summed E-state index contributed by atoms with van der Waals surface area (Å²) in [5.41, 5.74) is 1.48. The molecule has 7 heteroatoms. The van der Waals surface area contributed by atoms with E-state index in [9.17, 15) is 14.4 Å². The summed E-state index contributed by atoms with van der Waals surface area (Å²) in [5, 5.41) is 3.06. The summed E-state index contributed by atoms with van der Waals surface area (Å²) in [5.74, 6) is -0.590. The predicted octanol–water partition coefficient (Wildman–Crippen LogP) is 5.00. The number of fused-ring (bicyclic) bond motifs is 7. The average molecular weight is 521 g/mol. The number of amides is 1. The Morgan fingerprint density at radius 3 is 2.54 bits per heavy atom. The molecule has 7 nitrogen and oxygen atoms in total. The number of hydrogen-bond acceptors (Lipinski definition) is 6. The first kappa shape index (κ1) is 23.7. The molecule has 3 aromatic carbocycles. The highest BCUT2D eigenvalue weighted by atomic mass is 16.7. The summed E-state index contributed by atoms with van der Waals surface area (Å²) in [7, 11) is 0. The zero-order valence-electron chi connectivity index (χ0n) is 21.9. The van der Waals surface area contributed by atoms with Gasteiger partial charge >= 0.3 is 0 Å². The molecular weight excluding hydrogens is 492 g/mol. The van der Waals surface area contributed by atoms with Crippen LogP contribution < -0.4 is 19.7 Å². The second kappa shape index (κ2) is 8.06. The molecule has 1 N–H and O–H groups in total. The van der Waals surface area contributed by atoms with Crippen LogP contribution in [0, 0.1) is 11.3 Å². The molecule has 0 saturated carbocycles. The molecular formula is C32H28N2O5. The van der Waals surface area contributed by atoms with Crippen molar-refractivity contribution in [1.82, 2.24) is 0 Å². The number of benzene rings is 3. The van der Waals surface area contributed by atoms with Gasteiger partial charge in [-0.15, -0.1) is 0 Å². The average Bonchev–Trinajstić information content (AvgIpc) is 3.60. The lowest BCUT2D eigenvalue weighted by atomic mass is 9.63. The highest BCUT2D eigenvalue weighted by Gasteiger charge is 2.70. The van der Waals surface area contributed by atoms with Gasteiger partial charge in [0.05, 0.1) is 12.0 Å². The summed E-state index contributed by atoms with van der Waals surface area (Å²) in [4.78, 5) is 45.5. The van der Waals surface area contributed by atoms with Crippen LogP contribution in [-0.2, 0) is 15.0 Å². The van der Waals surface area contributed by atoms with Crippen molar-refractivity contribution in [2.24, 2.45) is 11.3 Å². The second-order valence-corrected chi connectivity index (χ2v) is 11.6. The maximum Gasteiger partial charge on any atom is 0.238 e. The molecule has 0 radical (unpaired) electrons. The van der Waals surface area contributed by atoms with Crippen LogP contribution in [0.15, 0.2) is 72.8 Å². The van der Waals surface area contributed by atoms with Crippen LogP contribution in [0.5, 0.6) is 11.5 Å². The molecule has 196 valence electrons. The number of anilines is 2. The Balaban J connectivity index is 1.52. The molecule has 7 rings (SSSR count). The minimum atomic E-state index is -1.32. The van der Waals surface area contributed by atoms with Gasteiger partial charge in [0.25, 0.3) is 0 Å². The van der Waals surface area contributed by atoms with Crippen molar-refractivity contribution in [3.05, 3.63) is 89.5 Å². The lowest BCUT2D eigenvalue weighted by Crippen LogP contribution is -2.51. The summed E-state index contributed by atoms with van der Waals surface area (Å²) < 4.78 is 11.0. The van der Waals surface area contributed by atoms with Gasteiger partial charge in [0, 0.05) is 22.4 Å². The molecule has 1 amide bonds. The van der Waals surface area contributed by atoms with Gasteiger partial charge in [-0.1, -0.05) is 69.3 Å². The van der Waals surface area contributed by atoms with Crippen molar-refractivity contribution in [2.75, 3.05) is 17.0 Å². The Hall–Kier alpha value is -4.39. The molecule has 0 aromatic heterocycles. The van der Waals surface area contributed by atoms with E-state index in [0.29, 0.717) is 22.7 Å². The van der Waals surface area contributed by atoms with Crippen LogP contribution in [0.2, 0.25) is 0 Å². The molecule has 4 atom stereocenters. The van der Waals surface area contributed by atoms with Crippen LogP contribution in [0.1, 0.15) is 42.3 Å². The van der Waals surface area contributed by atoms with E-state index >= 15 is 0 Å². The minimum Gasteiger partial charge on any atom is -0.454 e. The fourth-order valence-corrected chi connectivity index (χ4v) is 6.79. The Morgan fingerprint density at radius 2 is 1.72 bits per heavy atom. The van der Waals surface area contributed by atoms with Crippen molar-refractivity contribution in [3.8, 4) is 11.5 Å². The molecule has 0 bridgehead atoms. The number of hydrogen-bond donors (Lipinski definition) is 1. The molecule has 1 fully saturated rings. The van der Waals surface area contributed by atoms with Gasteiger partial charge in [-0.25, -0.2) is 0 Å². The number of ether oxygens (including phenoxy) is 2. The first-order valence-electron chi connectivity index (χ1n) is 13.2. The number of nitrogens with one attached hydrogen (secondary N) is 1. The number of nitrogens with zero attached hydrogens (tertiary/aromatic N) is 1. The molecule has 4 heterocycles. The fraction of sp³-hybridized carbons (Fsp3) is 0.281. The Labute approximate surface area is 226 Å². The molecule has 3 aromatic rings. The molecule has 1 saturated heterocycles. The summed E-state index contributed by atoms with van der Waals surface area (Å²) in [6, 6.07) is 19.0. The van der Waals surface area contributed by atoms with E-state index in [1.165, 1.54) is 0 Å². The third-order valence-electron chi connectivity index (χ3n) is 8.49. The molecule has 0 unspecified atom stereocenters. The van der Waals surface area contributed by atoms with Crippen LogP contribution in [-0.4, -0.2) is 36.4 Å². The maximum absolute atomic E-state index is 14.8. The molecule has 4 aliphatic heterocycles. The largest absolute Gasteiger partial charge is 0.454 e. The summed E-state index contributed by atoms with van der Waals surface area (Å²) in [6.45, 7) is 5.68. The van der Waals surface area contributed by atoms with Crippen LogP contribution >= 0.6 is 0 Å². The molecule has 39 heavy (non-hydrogen) atoms. The Morgan fingerprint density at radius 1 is 0.974 bits per heavy atom. The number of rotatable bonds is 3. The van der Waals surface area contributed by atoms with E-state index in [2.05, 4.69) is 5.32 Å². The van der Waals surface area contributed by atoms with Crippen LogP contribution in [0.4, 0.5) is 11.4 Å². The normalized spacial score (nSPS) is 25.8. The topological polar surface area (TPSA) is 84.9 Å². The molecule has 1 spiro atoms. The fourth-order valence-electron chi connectivity index (χ4n) is 6.79. The SMILES string of the molecule is CC(C)(C)C(=O)[C@@H]1[C@H](C(=O)c2ccc3c(c2)OCO3)[C@@]2(C(=O)Nc3ccccc32)[C@@H]2C=Cc3ccccc3N12. The first-order valence-corrected chi connectivity index (χ1v) is 13.2. The van der Waals surface area contributed by atoms with E-state index in [0.717, 1.165) is 16.8 Å². The highest BCUT2D eigenvalue weighted by Crippen LogP contribution is 2.58. The van der Waals surface area contributed by atoms with E-state index in [-0.39, 0.29) is 24.3 Å². The van der Waals surface area contributed by atoms with Crippen molar-refractivity contribution in [1.29, 1.82) is 0 Å². The van der Waals surface area contributed by atoms with E-state index in [1.807, 2.05) is 86.4 Å². The number of para-hydroxylation sites is 2. The quantitative estimate of drug-likeness (QED) is 0.489. The predicted molar refractivity (Wildman–Crippen MR) is 147 cm³/mol. The lowest BCUT2D eigenvalue weighted by Gasteiger charge is -2.38. The first-order chi connectivity index (χ1) is 18.7. The number of ketones is 2. The van der Waals surface area contributed by atoms with Crippen molar-refractivity contribution in [2.45, 2.75) is 38.3 Å². The van der Waals surface area contributed by atoms with E-state index in [4.69, 9.17) is 9.47 Å². The van der Waals surface area contributed by atoms with E-state index < -0.39 is 28.8 Å². The number of carbonyl (C=O) groups excluding carboxylic acids is 3. The van der Waals surface area contributed by atoms with Crippen molar-refractivity contribution < 1.29 is 23.9 Å².